The molecule has 96 valence electrons. The van der Waals surface area contributed by atoms with E-state index in [1.54, 1.807) is 11.0 Å². The monoisotopic (exact) mass is 246 g/mol. The summed E-state index contributed by atoms with van der Waals surface area (Å²) < 4.78 is 0. The van der Waals surface area contributed by atoms with Gasteiger partial charge in [0.1, 0.15) is 0 Å². The van der Waals surface area contributed by atoms with Crippen molar-refractivity contribution in [3.8, 4) is 0 Å². The summed E-state index contributed by atoms with van der Waals surface area (Å²) in [6, 6.07) is 5.54. The highest BCUT2D eigenvalue weighted by atomic mass is 16.3. The number of carbonyl (C=O) groups is 1. The van der Waals surface area contributed by atoms with E-state index in [1.807, 2.05) is 12.1 Å². The Labute approximate surface area is 106 Å². The fraction of sp³-hybridized carbons (Fsp3) is 0.500. The van der Waals surface area contributed by atoms with Crippen LogP contribution in [0.1, 0.15) is 41.6 Å². The molecule has 4 heteroatoms. The summed E-state index contributed by atoms with van der Waals surface area (Å²) in [4.78, 5) is 14.2. The van der Waals surface area contributed by atoms with Crippen LogP contribution in [0.15, 0.2) is 18.2 Å². The molecule has 1 aromatic rings. The van der Waals surface area contributed by atoms with Crippen LogP contribution in [0.2, 0.25) is 0 Å². The minimum atomic E-state index is -0.391. The average molecular weight is 246 g/mol. The molecular weight excluding hydrogens is 228 g/mol. The van der Waals surface area contributed by atoms with Crippen molar-refractivity contribution >= 4 is 11.6 Å². The van der Waals surface area contributed by atoms with Crippen molar-refractivity contribution in [3.05, 3.63) is 29.3 Å². The Morgan fingerprint density at radius 1 is 1.28 bits per heavy atom. The predicted octanol–water partition coefficient (Wildman–Crippen LogP) is 1.53. The Morgan fingerprint density at radius 2 is 2.06 bits per heavy atom. The number of hydrogen-bond acceptors (Lipinski definition) is 3. The molecule has 4 nitrogen and oxygen atoms in total. The molecule has 1 fully saturated rings. The third-order valence-corrected chi connectivity index (χ3v) is 4.09. The largest absolute Gasteiger partial charge is 0.398 e. The number of hydrogen-bond donors (Lipinski definition) is 2. The van der Waals surface area contributed by atoms with Gasteiger partial charge in [0.2, 0.25) is 0 Å². The lowest BCUT2D eigenvalue weighted by Gasteiger charge is -2.35. The Balaban J connectivity index is 1.90. The summed E-state index contributed by atoms with van der Waals surface area (Å²) in [5, 5.41) is 10.1. The number of nitrogen functional groups attached to an aromatic ring is 1. The van der Waals surface area contributed by atoms with E-state index in [4.69, 9.17) is 5.73 Å². The topological polar surface area (TPSA) is 66.6 Å². The molecule has 0 unspecified atom stereocenters. The van der Waals surface area contributed by atoms with Gasteiger partial charge in [0.15, 0.2) is 0 Å². The van der Waals surface area contributed by atoms with E-state index in [2.05, 4.69) is 0 Å². The maximum absolute atomic E-state index is 12.4. The van der Waals surface area contributed by atoms with Crippen molar-refractivity contribution < 1.29 is 9.90 Å². The number of rotatable bonds is 1. The van der Waals surface area contributed by atoms with E-state index in [0.29, 0.717) is 17.8 Å². The molecule has 18 heavy (non-hydrogen) atoms. The summed E-state index contributed by atoms with van der Waals surface area (Å²) in [6.07, 6.45) is 3.42. The summed E-state index contributed by atoms with van der Waals surface area (Å²) in [5.74, 6) is -0.0194. The second-order valence-corrected chi connectivity index (χ2v) is 5.23. The maximum Gasteiger partial charge on any atom is 0.256 e. The minimum absolute atomic E-state index is 0.0194. The molecular formula is C14H18N2O2. The Hall–Kier alpha value is -1.55. The highest BCUT2D eigenvalue weighted by molar-refractivity contribution is 6.03. The van der Waals surface area contributed by atoms with Crippen LogP contribution < -0.4 is 5.73 Å². The minimum Gasteiger partial charge on any atom is -0.398 e. The molecule has 3 rings (SSSR count). The van der Waals surface area contributed by atoms with Gasteiger partial charge in [0.05, 0.1) is 17.7 Å². The lowest BCUT2D eigenvalue weighted by Crippen LogP contribution is -2.45. The zero-order valence-electron chi connectivity index (χ0n) is 10.3. The van der Waals surface area contributed by atoms with Gasteiger partial charge in [0, 0.05) is 12.2 Å². The van der Waals surface area contributed by atoms with Crippen molar-refractivity contribution in [2.45, 2.75) is 44.4 Å². The van der Waals surface area contributed by atoms with Crippen molar-refractivity contribution in [1.82, 2.24) is 4.90 Å². The number of nitrogens with zero attached hydrogens (tertiary/aromatic N) is 1. The quantitative estimate of drug-likeness (QED) is 0.738. The maximum atomic E-state index is 12.4. The van der Waals surface area contributed by atoms with E-state index in [9.17, 15) is 9.90 Å². The van der Waals surface area contributed by atoms with Gasteiger partial charge < -0.3 is 15.7 Å². The van der Waals surface area contributed by atoms with Crippen LogP contribution in [0.25, 0.3) is 0 Å². The zero-order valence-corrected chi connectivity index (χ0v) is 10.3. The first-order valence-corrected chi connectivity index (χ1v) is 6.55. The number of fused-ring (bicyclic) bond motifs is 1. The van der Waals surface area contributed by atoms with E-state index in [-0.39, 0.29) is 11.9 Å². The number of amides is 1. The molecule has 2 aliphatic rings. The summed E-state index contributed by atoms with van der Waals surface area (Å²) in [7, 11) is 0. The number of benzene rings is 1. The first-order valence-electron chi connectivity index (χ1n) is 6.55. The van der Waals surface area contributed by atoms with Crippen LogP contribution in [0.4, 0.5) is 5.69 Å². The molecule has 3 N–H and O–H groups in total. The lowest BCUT2D eigenvalue weighted by molar-refractivity contribution is 0.0191. The van der Waals surface area contributed by atoms with Gasteiger partial charge in [-0.05, 0) is 24.5 Å². The summed E-state index contributed by atoms with van der Waals surface area (Å²) in [6.45, 7) is 0.584. The first kappa shape index (κ1) is 11.5. The standard InChI is InChI=1S/C14H18N2O2/c15-10-5-3-4-9-8-16(14(18)13(9)10)11-6-1-2-7-12(11)17/h3-5,11-12,17H,1-2,6-8,15H2/t11-,12+/m1/s1. The lowest BCUT2D eigenvalue weighted by atomic mass is 9.91. The SMILES string of the molecule is Nc1cccc2c1C(=O)N([C@@H]1CCCC[C@@H]1O)C2. The molecule has 1 heterocycles. The number of aliphatic hydroxyl groups excluding tert-OH is 1. The van der Waals surface area contributed by atoms with Crippen LogP contribution in [0, 0.1) is 0 Å². The van der Waals surface area contributed by atoms with Gasteiger partial charge in [-0.2, -0.15) is 0 Å². The Bertz CT molecular complexity index is 487. The molecule has 0 saturated heterocycles. The molecule has 0 spiro atoms. The van der Waals surface area contributed by atoms with Gasteiger partial charge in [-0.15, -0.1) is 0 Å². The van der Waals surface area contributed by atoms with E-state index in [1.165, 1.54) is 0 Å². The first-order chi connectivity index (χ1) is 8.68. The second kappa shape index (κ2) is 4.28. The van der Waals surface area contributed by atoms with Crippen molar-refractivity contribution in [3.63, 3.8) is 0 Å². The normalized spacial score (nSPS) is 27.4. The smallest absolute Gasteiger partial charge is 0.256 e. The van der Waals surface area contributed by atoms with Gasteiger partial charge in [-0.25, -0.2) is 0 Å². The van der Waals surface area contributed by atoms with E-state index < -0.39 is 6.10 Å². The number of nitrogens with two attached hydrogens (primary N) is 1. The third kappa shape index (κ3) is 1.68. The Morgan fingerprint density at radius 3 is 2.78 bits per heavy atom. The molecule has 1 aliphatic heterocycles. The van der Waals surface area contributed by atoms with E-state index >= 15 is 0 Å². The van der Waals surface area contributed by atoms with Gasteiger partial charge in [-0.3, -0.25) is 4.79 Å². The molecule has 0 radical (unpaired) electrons. The number of aliphatic hydroxyl groups is 1. The fourth-order valence-electron chi connectivity index (χ4n) is 3.13. The number of anilines is 1. The summed E-state index contributed by atoms with van der Waals surface area (Å²) in [5.41, 5.74) is 8.04. The fourth-order valence-corrected chi connectivity index (χ4v) is 3.13. The zero-order chi connectivity index (χ0) is 12.7. The van der Waals surface area contributed by atoms with Crippen LogP contribution in [-0.4, -0.2) is 28.1 Å². The van der Waals surface area contributed by atoms with Gasteiger partial charge in [-0.1, -0.05) is 25.0 Å². The van der Waals surface area contributed by atoms with Gasteiger partial charge >= 0.3 is 0 Å². The molecule has 1 amide bonds. The third-order valence-electron chi connectivity index (χ3n) is 4.09. The highest BCUT2D eigenvalue weighted by Gasteiger charge is 2.37. The highest BCUT2D eigenvalue weighted by Crippen LogP contribution is 2.33. The molecule has 1 aromatic carbocycles. The predicted molar refractivity (Wildman–Crippen MR) is 69.0 cm³/mol. The van der Waals surface area contributed by atoms with Crippen LogP contribution in [0.5, 0.6) is 0 Å². The second-order valence-electron chi connectivity index (χ2n) is 5.23. The molecule has 0 bridgehead atoms. The van der Waals surface area contributed by atoms with Crippen LogP contribution in [0.3, 0.4) is 0 Å². The van der Waals surface area contributed by atoms with Crippen molar-refractivity contribution in [1.29, 1.82) is 0 Å². The molecule has 2 atom stereocenters. The average Bonchev–Trinajstić information content (AvgIpc) is 2.69. The molecule has 1 saturated carbocycles. The van der Waals surface area contributed by atoms with E-state index in [0.717, 1.165) is 31.2 Å². The Kier molecular flexibility index (Phi) is 2.74. The number of carbonyl (C=O) groups excluding carboxylic acids is 1. The van der Waals surface area contributed by atoms with Crippen LogP contribution >= 0.6 is 0 Å². The summed E-state index contributed by atoms with van der Waals surface area (Å²) >= 11 is 0. The van der Waals surface area contributed by atoms with Crippen LogP contribution in [-0.2, 0) is 6.54 Å². The van der Waals surface area contributed by atoms with Gasteiger partial charge in [0.25, 0.3) is 5.91 Å². The molecule has 0 aromatic heterocycles. The van der Waals surface area contributed by atoms with Crippen molar-refractivity contribution in [2.24, 2.45) is 0 Å². The van der Waals surface area contributed by atoms with Crippen molar-refractivity contribution in [2.75, 3.05) is 5.73 Å². The molecule has 1 aliphatic carbocycles.